The summed E-state index contributed by atoms with van der Waals surface area (Å²) in [6.45, 7) is 2.86. The number of sulfonamides is 1. The van der Waals surface area contributed by atoms with Crippen LogP contribution in [0.2, 0.25) is 10.0 Å². The Balaban J connectivity index is 3.21. The minimum absolute atomic E-state index is 0.0931. The predicted octanol–water partition coefficient (Wildman–Crippen LogP) is 2.53. The molecule has 0 bridgehead atoms. The Morgan fingerprint density at radius 1 is 1.32 bits per heavy atom. The second-order valence-electron chi connectivity index (χ2n) is 4.20. The third kappa shape index (κ3) is 3.82. The first-order chi connectivity index (χ1) is 8.60. The molecule has 1 atom stereocenters. The van der Waals surface area contributed by atoms with E-state index < -0.39 is 21.5 Å². The predicted molar refractivity (Wildman–Crippen MR) is 73.1 cm³/mol. The van der Waals surface area contributed by atoms with Gasteiger partial charge in [0, 0.05) is 10.0 Å². The van der Waals surface area contributed by atoms with Gasteiger partial charge in [0.2, 0.25) is 10.0 Å². The Bertz CT molecular complexity index is 582. The van der Waals surface area contributed by atoms with Crippen LogP contribution in [0, 0.1) is 0 Å². The fraction of sp³-hybridized carbons (Fsp3) is 0.364. The topological polar surface area (TPSA) is 83.5 Å². The van der Waals surface area contributed by atoms with Crippen molar-refractivity contribution in [3.05, 3.63) is 28.2 Å². The molecule has 0 amide bonds. The van der Waals surface area contributed by atoms with E-state index in [1.165, 1.54) is 25.1 Å². The van der Waals surface area contributed by atoms with Crippen molar-refractivity contribution < 1.29 is 18.3 Å². The van der Waals surface area contributed by atoms with E-state index in [1.807, 2.05) is 0 Å². The highest BCUT2D eigenvalue weighted by Crippen LogP contribution is 2.24. The molecule has 1 aromatic carbocycles. The highest BCUT2D eigenvalue weighted by molar-refractivity contribution is 7.89. The number of hydrogen-bond acceptors (Lipinski definition) is 3. The smallest absolute Gasteiger partial charge is 0.324 e. The molecule has 0 aliphatic rings. The number of carboxylic acid groups (broad SMARTS) is 1. The van der Waals surface area contributed by atoms with Gasteiger partial charge < -0.3 is 5.11 Å². The van der Waals surface area contributed by atoms with Crippen molar-refractivity contribution in [1.82, 2.24) is 4.72 Å². The molecule has 1 rings (SSSR count). The van der Waals surface area contributed by atoms with Crippen molar-refractivity contribution in [1.29, 1.82) is 0 Å². The lowest BCUT2D eigenvalue weighted by Gasteiger charge is -2.24. The minimum atomic E-state index is -4.02. The first kappa shape index (κ1) is 16.2. The molecule has 0 fully saturated rings. The van der Waals surface area contributed by atoms with E-state index in [0.29, 0.717) is 0 Å². The van der Waals surface area contributed by atoms with Crippen molar-refractivity contribution in [2.45, 2.75) is 30.7 Å². The lowest BCUT2D eigenvalue weighted by Crippen LogP contribution is -2.51. The van der Waals surface area contributed by atoms with Gasteiger partial charge in [-0.25, -0.2) is 8.42 Å². The summed E-state index contributed by atoms with van der Waals surface area (Å²) in [5.74, 6) is -1.26. The van der Waals surface area contributed by atoms with Gasteiger partial charge in [-0.2, -0.15) is 4.72 Å². The number of hydrogen-bond donors (Lipinski definition) is 2. The van der Waals surface area contributed by atoms with Gasteiger partial charge in [0.05, 0.1) is 4.90 Å². The zero-order chi connectivity index (χ0) is 14.8. The van der Waals surface area contributed by atoms with Gasteiger partial charge in [0.25, 0.3) is 0 Å². The largest absolute Gasteiger partial charge is 0.480 e. The Labute approximate surface area is 121 Å². The number of rotatable bonds is 5. The molecular formula is C11H13Cl2NO4S. The van der Waals surface area contributed by atoms with Crippen LogP contribution >= 0.6 is 23.2 Å². The number of nitrogens with one attached hydrogen (secondary N) is 1. The standard InChI is InChI=1S/C11H13Cl2NO4S/c1-3-11(2,10(15)16)14-19(17,18)9-5-7(12)4-8(13)6-9/h4-6,14H,3H2,1-2H3,(H,15,16). The van der Waals surface area contributed by atoms with Crippen molar-refractivity contribution in [2.75, 3.05) is 0 Å². The average Bonchev–Trinajstić information content (AvgIpc) is 2.26. The van der Waals surface area contributed by atoms with Crippen LogP contribution in [0.5, 0.6) is 0 Å². The molecule has 0 saturated heterocycles. The molecule has 8 heteroatoms. The van der Waals surface area contributed by atoms with E-state index in [-0.39, 0.29) is 21.4 Å². The van der Waals surface area contributed by atoms with E-state index in [1.54, 1.807) is 6.92 Å². The molecule has 0 spiro atoms. The summed E-state index contributed by atoms with van der Waals surface area (Å²) in [6, 6.07) is 3.79. The van der Waals surface area contributed by atoms with Gasteiger partial charge in [-0.05, 0) is 31.5 Å². The van der Waals surface area contributed by atoms with Crippen LogP contribution in [-0.2, 0) is 14.8 Å². The third-order valence-electron chi connectivity index (χ3n) is 2.69. The molecule has 0 aliphatic heterocycles. The SMILES string of the molecule is CCC(C)(NS(=O)(=O)c1cc(Cl)cc(Cl)c1)C(=O)O. The van der Waals surface area contributed by atoms with Crippen molar-refractivity contribution in [2.24, 2.45) is 0 Å². The molecule has 1 aromatic rings. The van der Waals surface area contributed by atoms with Crippen LogP contribution in [-0.4, -0.2) is 25.0 Å². The number of benzene rings is 1. The summed E-state index contributed by atoms with van der Waals surface area (Å²) in [7, 11) is -4.02. The number of aliphatic carboxylic acids is 1. The number of carboxylic acids is 1. The van der Waals surface area contributed by atoms with Gasteiger partial charge in [0.1, 0.15) is 5.54 Å². The quantitative estimate of drug-likeness (QED) is 0.871. The fourth-order valence-corrected chi connectivity index (χ4v) is 3.47. The maximum Gasteiger partial charge on any atom is 0.324 e. The Hall–Kier alpha value is -0.820. The normalized spacial score (nSPS) is 14.9. The highest BCUT2D eigenvalue weighted by Gasteiger charge is 2.36. The van der Waals surface area contributed by atoms with Crippen LogP contribution in [0.15, 0.2) is 23.1 Å². The molecule has 0 heterocycles. The van der Waals surface area contributed by atoms with Gasteiger partial charge in [-0.15, -0.1) is 0 Å². The minimum Gasteiger partial charge on any atom is -0.480 e. The van der Waals surface area contributed by atoms with Crippen molar-refractivity contribution in [3.63, 3.8) is 0 Å². The van der Waals surface area contributed by atoms with Crippen LogP contribution in [0.4, 0.5) is 0 Å². The molecule has 0 aliphatic carbocycles. The summed E-state index contributed by atoms with van der Waals surface area (Å²) < 4.78 is 26.4. The number of carbonyl (C=O) groups is 1. The van der Waals surface area contributed by atoms with Gasteiger partial charge in [0.15, 0.2) is 0 Å². The summed E-state index contributed by atoms with van der Waals surface area (Å²) in [6.07, 6.45) is 0.0931. The maximum absolute atomic E-state index is 12.1. The van der Waals surface area contributed by atoms with E-state index in [4.69, 9.17) is 28.3 Å². The zero-order valence-electron chi connectivity index (χ0n) is 10.3. The summed E-state index contributed by atoms with van der Waals surface area (Å²) in [4.78, 5) is 10.9. The second-order valence-corrected chi connectivity index (χ2v) is 6.76. The molecule has 1 unspecified atom stereocenters. The highest BCUT2D eigenvalue weighted by atomic mass is 35.5. The molecule has 0 aromatic heterocycles. The van der Waals surface area contributed by atoms with Crippen LogP contribution in [0.25, 0.3) is 0 Å². The van der Waals surface area contributed by atoms with Crippen molar-refractivity contribution in [3.8, 4) is 0 Å². The monoisotopic (exact) mass is 325 g/mol. The maximum atomic E-state index is 12.1. The van der Waals surface area contributed by atoms with Crippen molar-refractivity contribution >= 4 is 39.2 Å². The third-order valence-corrected chi connectivity index (χ3v) is 4.70. The molecule has 106 valence electrons. The first-order valence-electron chi connectivity index (χ1n) is 5.34. The summed E-state index contributed by atoms with van der Waals surface area (Å²) in [5, 5.41) is 9.38. The fourth-order valence-electron chi connectivity index (χ4n) is 1.31. The molecule has 5 nitrogen and oxygen atoms in total. The molecular weight excluding hydrogens is 313 g/mol. The van der Waals surface area contributed by atoms with Crippen LogP contribution < -0.4 is 4.72 Å². The van der Waals surface area contributed by atoms with E-state index >= 15 is 0 Å². The van der Waals surface area contributed by atoms with Gasteiger partial charge in [-0.3, -0.25) is 4.79 Å². The number of halogens is 2. The molecule has 0 saturated carbocycles. The van der Waals surface area contributed by atoms with Gasteiger partial charge in [-0.1, -0.05) is 30.1 Å². The Morgan fingerprint density at radius 2 is 1.79 bits per heavy atom. The average molecular weight is 326 g/mol. The molecule has 2 N–H and O–H groups in total. The zero-order valence-corrected chi connectivity index (χ0v) is 12.6. The molecule has 0 radical (unpaired) electrons. The second kappa shape index (κ2) is 5.66. The Morgan fingerprint density at radius 3 is 2.16 bits per heavy atom. The summed E-state index contributed by atoms with van der Waals surface area (Å²) >= 11 is 11.5. The van der Waals surface area contributed by atoms with E-state index in [0.717, 1.165) is 0 Å². The first-order valence-corrected chi connectivity index (χ1v) is 7.58. The van der Waals surface area contributed by atoms with E-state index in [9.17, 15) is 13.2 Å². The van der Waals surface area contributed by atoms with Gasteiger partial charge >= 0.3 is 5.97 Å². The lowest BCUT2D eigenvalue weighted by molar-refractivity contribution is -0.143. The van der Waals surface area contributed by atoms with Crippen LogP contribution in [0.1, 0.15) is 20.3 Å². The van der Waals surface area contributed by atoms with E-state index in [2.05, 4.69) is 4.72 Å². The lowest BCUT2D eigenvalue weighted by atomic mass is 10.0. The van der Waals surface area contributed by atoms with Crippen LogP contribution in [0.3, 0.4) is 0 Å². The summed E-state index contributed by atoms with van der Waals surface area (Å²) in [5.41, 5.74) is -1.59. The Kier molecular flexibility index (Phi) is 4.84. The molecule has 19 heavy (non-hydrogen) atoms.